The molecular weight excluding hydrogens is 550 g/mol. The van der Waals surface area contributed by atoms with E-state index in [0.717, 1.165) is 0 Å². The van der Waals surface area contributed by atoms with Gasteiger partial charge in [0.15, 0.2) is 18.1 Å². The first-order chi connectivity index (χ1) is 18.8. The van der Waals surface area contributed by atoms with E-state index in [0.29, 0.717) is 34.3 Å². The van der Waals surface area contributed by atoms with E-state index in [4.69, 9.17) is 32.7 Å². The molecule has 0 fully saturated rings. The molecule has 3 rings (SSSR count). The van der Waals surface area contributed by atoms with Gasteiger partial charge in [-0.2, -0.15) is 5.10 Å². The lowest BCUT2D eigenvalue weighted by atomic mass is 10.2. The molecule has 0 aliphatic heterocycles. The van der Waals surface area contributed by atoms with Crippen LogP contribution in [0, 0.1) is 5.82 Å². The third-order valence-corrected chi connectivity index (χ3v) is 5.74. The average Bonchev–Trinajstić information content (AvgIpc) is 2.91. The summed E-state index contributed by atoms with van der Waals surface area (Å²) in [6.07, 6.45) is 1.40. The fourth-order valence-corrected chi connectivity index (χ4v) is 3.45. The van der Waals surface area contributed by atoms with E-state index in [1.54, 1.807) is 31.2 Å². The van der Waals surface area contributed by atoms with Crippen LogP contribution in [0.3, 0.4) is 0 Å². The van der Waals surface area contributed by atoms with Crippen LogP contribution in [0.15, 0.2) is 65.8 Å². The van der Waals surface area contributed by atoms with Gasteiger partial charge in [-0.3, -0.25) is 14.4 Å². The highest BCUT2D eigenvalue weighted by Crippen LogP contribution is 2.28. The number of carbonyl (C=O) groups excluding carboxylic acids is 3. The fraction of sp³-hybridized carbons (Fsp3) is 0.185. The van der Waals surface area contributed by atoms with Gasteiger partial charge in [-0.1, -0.05) is 35.3 Å². The van der Waals surface area contributed by atoms with Gasteiger partial charge in [0.25, 0.3) is 11.8 Å². The molecule has 3 aromatic carbocycles. The van der Waals surface area contributed by atoms with Crippen LogP contribution in [-0.4, -0.2) is 43.7 Å². The Morgan fingerprint density at radius 1 is 0.949 bits per heavy atom. The zero-order valence-corrected chi connectivity index (χ0v) is 22.3. The Labute approximate surface area is 234 Å². The number of halogens is 3. The van der Waals surface area contributed by atoms with Gasteiger partial charge in [-0.25, -0.2) is 9.82 Å². The van der Waals surface area contributed by atoms with Crippen LogP contribution in [0.1, 0.15) is 29.3 Å². The zero-order chi connectivity index (χ0) is 28.2. The van der Waals surface area contributed by atoms with Crippen molar-refractivity contribution in [3.63, 3.8) is 0 Å². The second-order valence-corrected chi connectivity index (χ2v) is 8.70. The standard InChI is InChI=1S/C27H25Cl2FN4O5/c1-2-38-24-13-17(7-10-23(24)39-16-26(36)33-22-6-4-3-5-21(22)30)15-32-34-25(35)11-12-31-27(37)18-8-9-19(28)20(29)14-18/h3-10,13-15H,2,11-12,16H2,1H3,(H,31,37)(H,33,36)(H,34,35). The average molecular weight is 575 g/mol. The van der Waals surface area contributed by atoms with E-state index in [2.05, 4.69) is 21.2 Å². The highest BCUT2D eigenvalue weighted by atomic mass is 35.5. The maximum Gasteiger partial charge on any atom is 0.262 e. The molecular formula is C27H25Cl2FN4O5. The summed E-state index contributed by atoms with van der Waals surface area (Å²) in [5, 5.41) is 9.57. The van der Waals surface area contributed by atoms with Crippen molar-refractivity contribution >= 4 is 52.8 Å². The number of ether oxygens (including phenoxy) is 2. The maximum absolute atomic E-state index is 13.7. The van der Waals surface area contributed by atoms with Gasteiger partial charge in [0.2, 0.25) is 5.91 Å². The van der Waals surface area contributed by atoms with E-state index in [1.165, 1.54) is 42.6 Å². The molecule has 0 unspecified atom stereocenters. The number of hydrogen-bond donors (Lipinski definition) is 3. The smallest absolute Gasteiger partial charge is 0.262 e. The van der Waals surface area contributed by atoms with Gasteiger partial charge in [0, 0.05) is 18.5 Å². The van der Waals surface area contributed by atoms with Gasteiger partial charge < -0.3 is 20.1 Å². The summed E-state index contributed by atoms with van der Waals surface area (Å²) in [7, 11) is 0. The van der Waals surface area contributed by atoms with E-state index in [-0.39, 0.29) is 36.2 Å². The van der Waals surface area contributed by atoms with Crippen LogP contribution in [0.25, 0.3) is 0 Å². The van der Waals surface area contributed by atoms with Gasteiger partial charge in [-0.15, -0.1) is 0 Å². The second kappa shape index (κ2) is 14.7. The Kier molecular flexibility index (Phi) is 11.1. The van der Waals surface area contributed by atoms with Crippen LogP contribution in [0.5, 0.6) is 11.5 Å². The van der Waals surface area contributed by atoms with E-state index >= 15 is 0 Å². The minimum Gasteiger partial charge on any atom is -0.490 e. The number of hydrogen-bond acceptors (Lipinski definition) is 6. The molecule has 0 atom stereocenters. The number of benzene rings is 3. The molecule has 0 saturated carbocycles. The molecule has 39 heavy (non-hydrogen) atoms. The molecule has 12 heteroatoms. The number of nitrogens with zero attached hydrogens (tertiary/aromatic N) is 1. The number of hydrazone groups is 1. The number of anilines is 1. The first kappa shape index (κ1) is 29.4. The van der Waals surface area contributed by atoms with Gasteiger partial charge >= 0.3 is 0 Å². The molecule has 0 aliphatic rings. The van der Waals surface area contributed by atoms with Gasteiger partial charge in [0.1, 0.15) is 5.82 Å². The van der Waals surface area contributed by atoms with Crippen molar-refractivity contribution in [2.45, 2.75) is 13.3 Å². The van der Waals surface area contributed by atoms with E-state index in [9.17, 15) is 18.8 Å². The minimum absolute atomic E-state index is 0.00365. The van der Waals surface area contributed by atoms with Crippen LogP contribution in [-0.2, 0) is 9.59 Å². The quantitative estimate of drug-likeness (QED) is 0.212. The topological polar surface area (TPSA) is 118 Å². The summed E-state index contributed by atoms with van der Waals surface area (Å²) in [5.74, 6) is -1.23. The lowest BCUT2D eigenvalue weighted by molar-refractivity contribution is -0.121. The Bertz CT molecular complexity index is 1370. The fourth-order valence-electron chi connectivity index (χ4n) is 3.15. The lowest BCUT2D eigenvalue weighted by Gasteiger charge is -2.13. The zero-order valence-electron chi connectivity index (χ0n) is 20.8. The molecule has 0 spiro atoms. The Hall–Kier alpha value is -4.15. The van der Waals surface area contributed by atoms with Crippen molar-refractivity contribution in [3.05, 3.63) is 87.7 Å². The molecule has 3 aromatic rings. The summed E-state index contributed by atoms with van der Waals surface area (Å²) in [4.78, 5) is 36.4. The van der Waals surface area contributed by atoms with Gasteiger partial charge in [-0.05, 0) is 61.0 Å². The van der Waals surface area contributed by atoms with Crippen molar-refractivity contribution in [1.29, 1.82) is 0 Å². The van der Waals surface area contributed by atoms with Crippen LogP contribution < -0.4 is 25.5 Å². The molecule has 0 saturated heterocycles. The minimum atomic E-state index is -0.551. The predicted molar refractivity (Wildman–Crippen MR) is 147 cm³/mol. The van der Waals surface area contributed by atoms with E-state index in [1.807, 2.05) is 0 Å². The Balaban J connectivity index is 1.47. The molecule has 204 valence electrons. The normalized spacial score (nSPS) is 10.7. The molecule has 3 N–H and O–H groups in total. The van der Waals surface area contributed by atoms with E-state index < -0.39 is 17.6 Å². The van der Waals surface area contributed by atoms with Crippen LogP contribution in [0.4, 0.5) is 10.1 Å². The first-order valence-electron chi connectivity index (χ1n) is 11.8. The highest BCUT2D eigenvalue weighted by molar-refractivity contribution is 6.42. The molecule has 0 bridgehead atoms. The highest BCUT2D eigenvalue weighted by Gasteiger charge is 2.12. The number of nitrogens with one attached hydrogen (secondary N) is 3. The van der Waals surface area contributed by atoms with Gasteiger partial charge in [0.05, 0.1) is 28.6 Å². The molecule has 3 amide bonds. The van der Waals surface area contributed by atoms with Crippen molar-refractivity contribution in [2.24, 2.45) is 5.10 Å². The number of amides is 3. The summed E-state index contributed by atoms with van der Waals surface area (Å²) < 4.78 is 24.8. The summed E-state index contributed by atoms with van der Waals surface area (Å²) in [5.41, 5.74) is 3.35. The van der Waals surface area contributed by atoms with Crippen molar-refractivity contribution in [3.8, 4) is 11.5 Å². The molecule has 0 aliphatic carbocycles. The Morgan fingerprint density at radius 3 is 2.49 bits per heavy atom. The summed E-state index contributed by atoms with van der Waals surface area (Å²) in [6, 6.07) is 15.2. The molecule has 0 heterocycles. The number of para-hydroxylation sites is 1. The summed E-state index contributed by atoms with van der Waals surface area (Å²) >= 11 is 11.8. The SMILES string of the molecule is CCOc1cc(C=NNC(=O)CCNC(=O)c2ccc(Cl)c(Cl)c2)ccc1OCC(=O)Nc1ccccc1F. The molecule has 0 radical (unpaired) electrons. The Morgan fingerprint density at radius 2 is 1.74 bits per heavy atom. The molecule has 9 nitrogen and oxygen atoms in total. The predicted octanol–water partition coefficient (Wildman–Crippen LogP) is 4.82. The third-order valence-electron chi connectivity index (χ3n) is 5.00. The van der Waals surface area contributed by atoms with Crippen molar-refractivity contribution < 1.29 is 28.2 Å². The van der Waals surface area contributed by atoms with Crippen molar-refractivity contribution in [1.82, 2.24) is 10.7 Å². The largest absolute Gasteiger partial charge is 0.490 e. The molecule has 0 aromatic heterocycles. The first-order valence-corrected chi connectivity index (χ1v) is 12.5. The number of carbonyl (C=O) groups is 3. The maximum atomic E-state index is 13.7. The lowest BCUT2D eigenvalue weighted by Crippen LogP contribution is -2.29. The monoisotopic (exact) mass is 574 g/mol. The third kappa shape index (κ3) is 9.27. The second-order valence-electron chi connectivity index (χ2n) is 7.88. The number of rotatable bonds is 12. The van der Waals surface area contributed by atoms with Crippen molar-refractivity contribution in [2.75, 3.05) is 25.1 Å². The van der Waals surface area contributed by atoms with Crippen LogP contribution >= 0.6 is 23.2 Å². The summed E-state index contributed by atoms with van der Waals surface area (Å²) in [6.45, 7) is 1.85. The van der Waals surface area contributed by atoms with Crippen LogP contribution in [0.2, 0.25) is 10.0 Å².